The standard InChI is InChI=1S/C12H8ClN3/c1-8-5-11(7-14)16-12(15-8)9-3-2-4-10(13)6-9/h2-6H,1H3. The van der Waals surface area contributed by atoms with Gasteiger partial charge in [-0.05, 0) is 25.1 Å². The van der Waals surface area contributed by atoms with Crippen molar-refractivity contribution in [3.05, 3.63) is 46.7 Å². The lowest BCUT2D eigenvalue weighted by Gasteiger charge is -2.02. The molecule has 4 heteroatoms. The number of benzene rings is 1. The van der Waals surface area contributed by atoms with Gasteiger partial charge in [0, 0.05) is 16.3 Å². The molecule has 0 aliphatic heterocycles. The lowest BCUT2D eigenvalue weighted by Crippen LogP contribution is -1.94. The topological polar surface area (TPSA) is 49.6 Å². The molecule has 0 radical (unpaired) electrons. The Hall–Kier alpha value is -1.92. The third kappa shape index (κ3) is 2.18. The van der Waals surface area contributed by atoms with Crippen LogP contribution in [0.1, 0.15) is 11.4 Å². The van der Waals surface area contributed by atoms with E-state index in [0.29, 0.717) is 16.5 Å². The number of aromatic nitrogens is 2. The van der Waals surface area contributed by atoms with Crippen LogP contribution in [0.4, 0.5) is 0 Å². The molecular formula is C12H8ClN3. The van der Waals surface area contributed by atoms with E-state index in [4.69, 9.17) is 16.9 Å². The Kier molecular flexibility index (Phi) is 2.84. The number of hydrogen-bond donors (Lipinski definition) is 0. The van der Waals surface area contributed by atoms with Gasteiger partial charge in [-0.1, -0.05) is 23.7 Å². The number of aryl methyl sites for hydroxylation is 1. The van der Waals surface area contributed by atoms with Crippen LogP contribution in [0.2, 0.25) is 5.02 Å². The second kappa shape index (κ2) is 4.30. The molecule has 1 heterocycles. The number of nitriles is 1. The SMILES string of the molecule is Cc1cc(C#N)nc(-c2cccc(Cl)c2)n1. The van der Waals surface area contributed by atoms with Crippen molar-refractivity contribution in [1.82, 2.24) is 9.97 Å². The van der Waals surface area contributed by atoms with Crippen molar-refractivity contribution in [2.24, 2.45) is 0 Å². The van der Waals surface area contributed by atoms with Crippen LogP contribution in [0.3, 0.4) is 0 Å². The van der Waals surface area contributed by atoms with Crippen LogP contribution in [-0.2, 0) is 0 Å². The molecule has 0 atom stereocenters. The van der Waals surface area contributed by atoms with E-state index < -0.39 is 0 Å². The maximum absolute atomic E-state index is 8.82. The van der Waals surface area contributed by atoms with Crippen LogP contribution in [-0.4, -0.2) is 9.97 Å². The first kappa shape index (κ1) is 10.6. The first-order valence-corrected chi connectivity index (χ1v) is 5.08. The summed E-state index contributed by atoms with van der Waals surface area (Å²) in [6.07, 6.45) is 0. The largest absolute Gasteiger partial charge is 0.233 e. The summed E-state index contributed by atoms with van der Waals surface area (Å²) in [6, 6.07) is 10.9. The quantitative estimate of drug-likeness (QED) is 0.755. The molecule has 1 aromatic carbocycles. The van der Waals surface area contributed by atoms with Crippen LogP contribution < -0.4 is 0 Å². The van der Waals surface area contributed by atoms with Gasteiger partial charge in [0.2, 0.25) is 0 Å². The smallest absolute Gasteiger partial charge is 0.160 e. The maximum atomic E-state index is 8.82. The van der Waals surface area contributed by atoms with Crippen molar-refractivity contribution in [2.75, 3.05) is 0 Å². The summed E-state index contributed by atoms with van der Waals surface area (Å²) < 4.78 is 0. The van der Waals surface area contributed by atoms with E-state index >= 15 is 0 Å². The predicted octanol–water partition coefficient (Wildman–Crippen LogP) is 2.98. The van der Waals surface area contributed by atoms with Crippen molar-refractivity contribution in [3.63, 3.8) is 0 Å². The van der Waals surface area contributed by atoms with Crippen LogP contribution >= 0.6 is 11.6 Å². The van der Waals surface area contributed by atoms with E-state index in [0.717, 1.165) is 11.3 Å². The molecule has 0 aliphatic rings. The zero-order chi connectivity index (χ0) is 11.5. The molecule has 0 bridgehead atoms. The molecule has 16 heavy (non-hydrogen) atoms. The molecular weight excluding hydrogens is 222 g/mol. The zero-order valence-electron chi connectivity index (χ0n) is 8.61. The van der Waals surface area contributed by atoms with Gasteiger partial charge >= 0.3 is 0 Å². The molecule has 3 nitrogen and oxygen atoms in total. The summed E-state index contributed by atoms with van der Waals surface area (Å²) in [5, 5.41) is 9.45. The fraction of sp³-hybridized carbons (Fsp3) is 0.0833. The van der Waals surface area contributed by atoms with Gasteiger partial charge in [-0.25, -0.2) is 9.97 Å². The Morgan fingerprint density at radius 2 is 2.06 bits per heavy atom. The van der Waals surface area contributed by atoms with Gasteiger partial charge in [-0.15, -0.1) is 0 Å². The van der Waals surface area contributed by atoms with Crippen molar-refractivity contribution in [3.8, 4) is 17.5 Å². The van der Waals surface area contributed by atoms with E-state index in [1.54, 1.807) is 18.2 Å². The molecule has 0 saturated carbocycles. The minimum absolute atomic E-state index is 0.363. The van der Waals surface area contributed by atoms with Crippen LogP contribution in [0.25, 0.3) is 11.4 Å². The van der Waals surface area contributed by atoms with Crippen molar-refractivity contribution < 1.29 is 0 Å². The molecule has 2 aromatic rings. The summed E-state index contributed by atoms with van der Waals surface area (Å²) in [5.41, 5.74) is 1.94. The van der Waals surface area contributed by atoms with Crippen LogP contribution in [0.15, 0.2) is 30.3 Å². The van der Waals surface area contributed by atoms with Crippen molar-refractivity contribution in [2.45, 2.75) is 6.92 Å². The van der Waals surface area contributed by atoms with Gasteiger partial charge in [0.15, 0.2) is 5.82 Å². The fourth-order valence-corrected chi connectivity index (χ4v) is 1.57. The highest BCUT2D eigenvalue weighted by Crippen LogP contribution is 2.19. The van der Waals surface area contributed by atoms with Gasteiger partial charge in [0.25, 0.3) is 0 Å². The summed E-state index contributed by atoms with van der Waals surface area (Å²) in [6.45, 7) is 1.83. The average molecular weight is 230 g/mol. The Morgan fingerprint density at radius 3 is 2.75 bits per heavy atom. The lowest BCUT2D eigenvalue weighted by atomic mass is 10.2. The molecule has 0 saturated heterocycles. The highest BCUT2D eigenvalue weighted by Gasteiger charge is 2.04. The van der Waals surface area contributed by atoms with E-state index in [1.807, 2.05) is 25.1 Å². The lowest BCUT2D eigenvalue weighted by molar-refractivity contribution is 1.09. The van der Waals surface area contributed by atoms with E-state index in [1.165, 1.54) is 0 Å². The minimum atomic E-state index is 0.363. The fourth-order valence-electron chi connectivity index (χ4n) is 1.38. The summed E-state index contributed by atoms with van der Waals surface area (Å²) in [4.78, 5) is 8.40. The number of halogens is 1. The molecule has 0 N–H and O–H groups in total. The van der Waals surface area contributed by atoms with Gasteiger partial charge in [0.05, 0.1) is 0 Å². The van der Waals surface area contributed by atoms with Gasteiger partial charge in [0.1, 0.15) is 11.8 Å². The minimum Gasteiger partial charge on any atom is -0.233 e. The van der Waals surface area contributed by atoms with Crippen molar-refractivity contribution in [1.29, 1.82) is 5.26 Å². The Balaban J connectivity index is 2.56. The van der Waals surface area contributed by atoms with E-state index in [2.05, 4.69) is 9.97 Å². The molecule has 0 amide bonds. The first-order valence-electron chi connectivity index (χ1n) is 4.71. The summed E-state index contributed by atoms with van der Waals surface area (Å²) in [5.74, 6) is 0.527. The monoisotopic (exact) mass is 229 g/mol. The molecule has 0 fully saturated rings. The Labute approximate surface area is 98.4 Å². The molecule has 0 spiro atoms. The van der Waals surface area contributed by atoms with Crippen LogP contribution in [0.5, 0.6) is 0 Å². The van der Waals surface area contributed by atoms with Gasteiger partial charge in [-0.2, -0.15) is 5.26 Å². The molecule has 78 valence electrons. The molecule has 1 aromatic heterocycles. The third-order valence-electron chi connectivity index (χ3n) is 2.05. The van der Waals surface area contributed by atoms with Crippen LogP contribution in [0, 0.1) is 18.3 Å². The molecule has 0 aliphatic carbocycles. The van der Waals surface area contributed by atoms with E-state index in [-0.39, 0.29) is 0 Å². The number of rotatable bonds is 1. The van der Waals surface area contributed by atoms with E-state index in [9.17, 15) is 0 Å². The molecule has 2 rings (SSSR count). The zero-order valence-corrected chi connectivity index (χ0v) is 9.36. The van der Waals surface area contributed by atoms with Gasteiger partial charge in [-0.3, -0.25) is 0 Å². The highest BCUT2D eigenvalue weighted by atomic mass is 35.5. The molecule has 0 unspecified atom stereocenters. The third-order valence-corrected chi connectivity index (χ3v) is 2.29. The van der Waals surface area contributed by atoms with Crippen molar-refractivity contribution >= 4 is 11.6 Å². The Morgan fingerprint density at radius 1 is 1.25 bits per heavy atom. The first-order chi connectivity index (χ1) is 7.69. The Bertz CT molecular complexity index is 573. The summed E-state index contributed by atoms with van der Waals surface area (Å²) >= 11 is 5.89. The second-order valence-electron chi connectivity index (χ2n) is 3.34. The number of nitrogens with zero attached hydrogens (tertiary/aromatic N) is 3. The summed E-state index contributed by atoms with van der Waals surface area (Å²) in [7, 11) is 0. The number of hydrogen-bond acceptors (Lipinski definition) is 3. The maximum Gasteiger partial charge on any atom is 0.160 e. The highest BCUT2D eigenvalue weighted by molar-refractivity contribution is 6.30. The normalized spacial score (nSPS) is 9.81. The average Bonchev–Trinajstić information content (AvgIpc) is 2.28. The second-order valence-corrected chi connectivity index (χ2v) is 3.78. The predicted molar refractivity (Wildman–Crippen MR) is 61.9 cm³/mol. The van der Waals surface area contributed by atoms with Gasteiger partial charge < -0.3 is 0 Å².